The monoisotopic (exact) mass is 1210 g/mol. The summed E-state index contributed by atoms with van der Waals surface area (Å²) in [7, 11) is 0. The van der Waals surface area contributed by atoms with E-state index in [0.717, 1.165) is 57.8 Å². The first-order chi connectivity index (χ1) is 42.5. The fourth-order valence-corrected chi connectivity index (χ4v) is 12.2. The molecule has 0 aromatic heterocycles. The van der Waals surface area contributed by atoms with Gasteiger partial charge in [0.25, 0.3) is 0 Å². The molecule has 0 aliphatic heterocycles. The van der Waals surface area contributed by atoms with Crippen LogP contribution >= 0.6 is 0 Å². The molecular formula is C80H151NO5. The van der Waals surface area contributed by atoms with Crippen LogP contribution in [0.4, 0.5) is 0 Å². The van der Waals surface area contributed by atoms with Gasteiger partial charge in [-0.3, -0.25) is 9.59 Å². The summed E-state index contributed by atoms with van der Waals surface area (Å²) in [5.74, 6) is -0.0253. The van der Waals surface area contributed by atoms with E-state index < -0.39 is 12.1 Å². The highest BCUT2D eigenvalue weighted by atomic mass is 16.5. The minimum absolute atomic E-state index is 0.00364. The highest BCUT2D eigenvalue weighted by molar-refractivity contribution is 5.76. The molecule has 2 atom stereocenters. The molecule has 6 nitrogen and oxygen atoms in total. The first-order valence-electron chi connectivity index (χ1n) is 38.9. The maximum atomic E-state index is 12.5. The fourth-order valence-electron chi connectivity index (χ4n) is 12.2. The summed E-state index contributed by atoms with van der Waals surface area (Å²) >= 11 is 0. The number of carbonyl (C=O) groups is 2. The van der Waals surface area contributed by atoms with E-state index in [-0.39, 0.29) is 18.5 Å². The van der Waals surface area contributed by atoms with Gasteiger partial charge in [0.2, 0.25) is 5.91 Å². The SMILES string of the molecule is CCCCCC/C=C\C/C=C\CCCCCCCC(=O)OCCCCCCCCCCCCC/C=C\C/C=C\CCCCCCCCCCCCCCCCCCCC(=O)NC(CO)C(O)CCCCCCCCCCCCCCCCCCCC. The number of hydrogen-bond acceptors (Lipinski definition) is 5. The number of unbranched alkanes of at least 4 members (excludes halogenated alkanes) is 54. The van der Waals surface area contributed by atoms with Crippen LogP contribution in [0.2, 0.25) is 0 Å². The summed E-state index contributed by atoms with van der Waals surface area (Å²) in [4.78, 5) is 24.6. The predicted molar refractivity (Wildman–Crippen MR) is 379 cm³/mol. The van der Waals surface area contributed by atoms with Gasteiger partial charge in [-0.15, -0.1) is 0 Å². The lowest BCUT2D eigenvalue weighted by molar-refractivity contribution is -0.143. The van der Waals surface area contributed by atoms with Gasteiger partial charge >= 0.3 is 5.97 Å². The molecular weight excluding hydrogens is 1050 g/mol. The minimum Gasteiger partial charge on any atom is -0.466 e. The van der Waals surface area contributed by atoms with E-state index in [2.05, 4.69) is 67.8 Å². The number of esters is 1. The van der Waals surface area contributed by atoms with Crippen molar-refractivity contribution in [1.82, 2.24) is 5.32 Å². The lowest BCUT2D eigenvalue weighted by Crippen LogP contribution is -2.45. The van der Waals surface area contributed by atoms with Crippen molar-refractivity contribution in [2.24, 2.45) is 0 Å². The quantitative estimate of drug-likeness (QED) is 0.0320. The average Bonchev–Trinajstić information content (AvgIpc) is 3.54. The first-order valence-corrected chi connectivity index (χ1v) is 38.9. The fraction of sp³-hybridized carbons (Fsp3) is 0.875. The third kappa shape index (κ3) is 70.9. The molecule has 0 aromatic carbocycles. The molecule has 0 saturated carbocycles. The van der Waals surface area contributed by atoms with Crippen LogP contribution in [-0.4, -0.2) is 47.4 Å². The smallest absolute Gasteiger partial charge is 0.305 e. The molecule has 0 rings (SSSR count). The summed E-state index contributed by atoms with van der Waals surface area (Å²) in [5, 5.41) is 23.4. The largest absolute Gasteiger partial charge is 0.466 e. The van der Waals surface area contributed by atoms with E-state index >= 15 is 0 Å². The van der Waals surface area contributed by atoms with E-state index in [1.807, 2.05) is 0 Å². The van der Waals surface area contributed by atoms with Crippen LogP contribution in [-0.2, 0) is 14.3 Å². The number of rotatable bonds is 73. The van der Waals surface area contributed by atoms with E-state index in [9.17, 15) is 19.8 Å². The zero-order valence-corrected chi connectivity index (χ0v) is 58.1. The van der Waals surface area contributed by atoms with Gasteiger partial charge in [0.1, 0.15) is 0 Å². The van der Waals surface area contributed by atoms with Gasteiger partial charge < -0.3 is 20.3 Å². The van der Waals surface area contributed by atoms with Crippen molar-refractivity contribution in [2.45, 2.75) is 437 Å². The Morgan fingerprint density at radius 2 is 0.581 bits per heavy atom. The van der Waals surface area contributed by atoms with Crippen LogP contribution in [0.15, 0.2) is 48.6 Å². The van der Waals surface area contributed by atoms with Crippen LogP contribution in [0.5, 0.6) is 0 Å². The van der Waals surface area contributed by atoms with Crippen molar-refractivity contribution in [1.29, 1.82) is 0 Å². The summed E-state index contributed by atoms with van der Waals surface area (Å²) in [5.41, 5.74) is 0. The number of aliphatic hydroxyl groups is 2. The Morgan fingerprint density at radius 1 is 0.326 bits per heavy atom. The molecule has 0 spiro atoms. The summed E-state index contributed by atoms with van der Waals surface area (Å²) in [6, 6.07) is -0.541. The lowest BCUT2D eigenvalue weighted by atomic mass is 10.0. The van der Waals surface area contributed by atoms with Crippen molar-refractivity contribution in [3.05, 3.63) is 48.6 Å². The van der Waals surface area contributed by atoms with Crippen LogP contribution < -0.4 is 5.32 Å². The summed E-state index contributed by atoms with van der Waals surface area (Å²) in [6.45, 7) is 4.97. The zero-order chi connectivity index (χ0) is 62.0. The Labute approximate surface area is 537 Å². The van der Waals surface area contributed by atoms with Gasteiger partial charge in [0.05, 0.1) is 25.4 Å². The number of hydrogen-bond donors (Lipinski definition) is 3. The van der Waals surface area contributed by atoms with Crippen molar-refractivity contribution in [2.75, 3.05) is 13.2 Å². The summed E-state index contributed by atoms with van der Waals surface area (Å²) < 4.78 is 5.49. The number of allylic oxidation sites excluding steroid dienone is 8. The molecule has 0 aliphatic rings. The van der Waals surface area contributed by atoms with E-state index in [0.29, 0.717) is 25.9 Å². The van der Waals surface area contributed by atoms with Crippen LogP contribution in [0, 0.1) is 0 Å². The summed E-state index contributed by atoms with van der Waals surface area (Å²) in [6.07, 6.45) is 99.1. The second kappa shape index (κ2) is 75.3. The molecule has 1 amide bonds. The van der Waals surface area contributed by atoms with Crippen molar-refractivity contribution < 1.29 is 24.5 Å². The maximum Gasteiger partial charge on any atom is 0.305 e. The molecule has 0 radical (unpaired) electrons. The van der Waals surface area contributed by atoms with Gasteiger partial charge in [0.15, 0.2) is 0 Å². The molecule has 0 saturated heterocycles. The minimum atomic E-state index is -0.664. The van der Waals surface area contributed by atoms with Crippen LogP contribution in [0.25, 0.3) is 0 Å². The standard InChI is InChI=1S/C80H151NO5/c1-3-5-7-9-11-13-15-17-19-21-41-44-48-52-56-60-64-68-72-78(83)77(76-82)81-79(84)73-69-65-61-57-53-49-45-42-39-37-35-33-31-29-27-25-23-22-24-26-28-30-32-34-36-38-40-43-47-51-55-59-63-67-71-75-86-80(85)74-70-66-62-58-54-50-46-20-18-16-14-12-10-8-6-4-2/h14,16,20,24,26,30,32,46,77-78,82-83H,3-13,15,17-19,21-23,25,27-29,31,33-45,47-76H2,1-2H3,(H,81,84)/b16-14-,26-24-,32-30-,46-20-. The molecule has 0 heterocycles. The predicted octanol–water partition coefficient (Wildman–Crippen LogP) is 25.6. The molecule has 3 N–H and O–H groups in total. The van der Waals surface area contributed by atoms with Gasteiger partial charge in [-0.1, -0.05) is 371 Å². The Morgan fingerprint density at radius 3 is 0.895 bits per heavy atom. The number of aliphatic hydroxyl groups excluding tert-OH is 2. The molecule has 0 aliphatic carbocycles. The molecule has 0 fully saturated rings. The maximum absolute atomic E-state index is 12.5. The third-order valence-electron chi connectivity index (χ3n) is 18.1. The van der Waals surface area contributed by atoms with Crippen LogP contribution in [0.3, 0.4) is 0 Å². The lowest BCUT2D eigenvalue weighted by Gasteiger charge is -2.22. The average molecular weight is 1210 g/mol. The highest BCUT2D eigenvalue weighted by Crippen LogP contribution is 2.19. The number of nitrogens with one attached hydrogen (secondary N) is 1. The normalized spacial score (nSPS) is 12.7. The molecule has 506 valence electrons. The van der Waals surface area contributed by atoms with Gasteiger partial charge in [-0.2, -0.15) is 0 Å². The number of ether oxygens (including phenoxy) is 1. The van der Waals surface area contributed by atoms with E-state index in [4.69, 9.17) is 4.74 Å². The van der Waals surface area contributed by atoms with Gasteiger partial charge in [-0.05, 0) is 89.9 Å². The first kappa shape index (κ1) is 83.8. The van der Waals surface area contributed by atoms with Crippen molar-refractivity contribution >= 4 is 11.9 Å². The van der Waals surface area contributed by atoms with E-state index in [1.165, 1.54) is 334 Å². The molecule has 2 unspecified atom stereocenters. The van der Waals surface area contributed by atoms with Crippen LogP contribution in [0.1, 0.15) is 425 Å². The Hall–Kier alpha value is -2.18. The van der Waals surface area contributed by atoms with E-state index in [1.54, 1.807) is 0 Å². The second-order valence-corrected chi connectivity index (χ2v) is 26.7. The van der Waals surface area contributed by atoms with Crippen molar-refractivity contribution in [3.8, 4) is 0 Å². The highest BCUT2D eigenvalue weighted by Gasteiger charge is 2.20. The van der Waals surface area contributed by atoms with Gasteiger partial charge in [0, 0.05) is 12.8 Å². The molecule has 6 heteroatoms. The van der Waals surface area contributed by atoms with Crippen molar-refractivity contribution in [3.63, 3.8) is 0 Å². The zero-order valence-electron chi connectivity index (χ0n) is 58.1. The topological polar surface area (TPSA) is 95.9 Å². The Balaban J connectivity index is 3.37. The third-order valence-corrected chi connectivity index (χ3v) is 18.1. The second-order valence-electron chi connectivity index (χ2n) is 26.7. The molecule has 0 bridgehead atoms. The molecule has 0 aromatic rings. The van der Waals surface area contributed by atoms with Gasteiger partial charge in [-0.25, -0.2) is 0 Å². The Kier molecular flexibility index (Phi) is 73.4. The number of carbonyl (C=O) groups excluding carboxylic acids is 2. The number of amides is 1. The Bertz CT molecular complexity index is 1440. The molecule has 86 heavy (non-hydrogen) atoms.